The fraction of sp³-hybridized carbons (Fsp3) is 0.100. The Morgan fingerprint density at radius 1 is 1.38 bits per heavy atom. The van der Waals surface area contributed by atoms with Crippen LogP contribution in [-0.2, 0) is 4.79 Å². The highest BCUT2D eigenvalue weighted by molar-refractivity contribution is 6.11. The smallest absolute Gasteiger partial charge is 0.199 e. The van der Waals surface area contributed by atoms with Gasteiger partial charge in [-0.3, -0.25) is 9.79 Å². The first kappa shape index (κ1) is 7.69. The molecule has 0 spiro atoms. The summed E-state index contributed by atoms with van der Waals surface area (Å²) >= 11 is 0. The average molecular weight is 170 g/mol. The molecule has 0 amide bonds. The van der Waals surface area contributed by atoms with Crippen LogP contribution in [-0.4, -0.2) is 11.8 Å². The van der Waals surface area contributed by atoms with E-state index in [1.54, 1.807) is 6.07 Å². The molecule has 0 radical (unpaired) electrons. The lowest BCUT2D eigenvalue weighted by Crippen LogP contribution is -2.35. The van der Waals surface area contributed by atoms with Gasteiger partial charge >= 0.3 is 0 Å². The molecule has 1 atom stereocenters. The van der Waals surface area contributed by atoms with E-state index in [9.17, 15) is 4.79 Å². The molecule has 0 aromatic heterocycles. The second-order valence-corrected chi connectivity index (χ2v) is 2.77. The van der Waals surface area contributed by atoms with Gasteiger partial charge in [0, 0.05) is 5.22 Å². The summed E-state index contributed by atoms with van der Waals surface area (Å²) in [5.74, 6) is -0.235. The highest BCUT2D eigenvalue weighted by Gasteiger charge is 2.15. The minimum absolute atomic E-state index is 0.235. The van der Waals surface area contributed by atoms with E-state index < -0.39 is 6.04 Å². The summed E-state index contributed by atoms with van der Waals surface area (Å²) < 4.78 is 0. The van der Waals surface area contributed by atoms with Gasteiger partial charge in [-0.2, -0.15) is 5.26 Å². The van der Waals surface area contributed by atoms with E-state index in [2.05, 4.69) is 4.99 Å². The number of carbonyl (C=O) groups excluding carboxylic acids is 1. The number of Topliss-reactive ketones (excluding diaryl/α,β-unsaturated/α-hetero) is 1. The fourth-order valence-electron chi connectivity index (χ4n) is 1.25. The van der Waals surface area contributed by atoms with Gasteiger partial charge in [0.1, 0.15) is 0 Å². The van der Waals surface area contributed by atoms with Crippen LogP contribution in [0.1, 0.15) is 0 Å². The van der Waals surface area contributed by atoms with E-state index >= 15 is 0 Å². The topological polar surface area (TPSA) is 53.2 Å². The molecule has 13 heavy (non-hydrogen) atoms. The third-order valence-electron chi connectivity index (χ3n) is 1.89. The Bertz CT molecular complexity index is 510. The van der Waals surface area contributed by atoms with Gasteiger partial charge in [0.15, 0.2) is 11.8 Å². The van der Waals surface area contributed by atoms with Gasteiger partial charge in [-0.25, -0.2) is 0 Å². The summed E-state index contributed by atoms with van der Waals surface area (Å²) in [5, 5.41) is 10.1. The lowest BCUT2D eigenvalue weighted by Gasteiger charge is -2.03. The molecule has 2 rings (SSSR count). The molecule has 1 unspecified atom stereocenters. The van der Waals surface area contributed by atoms with Crippen molar-refractivity contribution < 1.29 is 4.79 Å². The standard InChI is InChI=1S/C10H6N2O/c11-6-9-10(13)5-7-3-1-2-4-8(7)12-9/h1-5,9H. The predicted molar refractivity (Wildman–Crippen MR) is 46.1 cm³/mol. The van der Waals surface area contributed by atoms with Crippen molar-refractivity contribution >= 4 is 11.9 Å². The van der Waals surface area contributed by atoms with E-state index in [0.717, 1.165) is 5.22 Å². The molecule has 62 valence electrons. The zero-order valence-electron chi connectivity index (χ0n) is 6.77. The van der Waals surface area contributed by atoms with Crippen molar-refractivity contribution in [2.45, 2.75) is 6.04 Å². The average Bonchev–Trinajstić information content (AvgIpc) is 2.17. The number of hydrogen-bond acceptors (Lipinski definition) is 3. The number of rotatable bonds is 0. The molecule has 0 saturated heterocycles. The molecule has 1 aromatic rings. The van der Waals surface area contributed by atoms with Gasteiger partial charge in [-0.15, -0.1) is 0 Å². The van der Waals surface area contributed by atoms with Gasteiger partial charge in [0.05, 0.1) is 11.4 Å². The van der Waals surface area contributed by atoms with Crippen LogP contribution in [0.15, 0.2) is 29.3 Å². The fourth-order valence-corrected chi connectivity index (χ4v) is 1.25. The molecular formula is C10H6N2O. The summed E-state index contributed by atoms with van der Waals surface area (Å²) in [6.45, 7) is 0. The van der Waals surface area contributed by atoms with Crippen LogP contribution in [0.4, 0.5) is 0 Å². The van der Waals surface area contributed by atoms with Crippen LogP contribution in [0, 0.1) is 11.3 Å². The van der Waals surface area contributed by atoms with Crippen molar-refractivity contribution in [1.29, 1.82) is 5.26 Å². The van der Waals surface area contributed by atoms with E-state index in [0.29, 0.717) is 5.36 Å². The minimum Gasteiger partial charge on any atom is -0.291 e. The first-order valence-electron chi connectivity index (χ1n) is 3.89. The summed E-state index contributed by atoms with van der Waals surface area (Å²) in [5.41, 5.74) is 0. The molecule has 1 aliphatic heterocycles. The molecule has 3 nitrogen and oxygen atoms in total. The normalized spacial score (nSPS) is 19.3. The second-order valence-electron chi connectivity index (χ2n) is 2.77. The van der Waals surface area contributed by atoms with E-state index in [1.165, 1.54) is 6.08 Å². The van der Waals surface area contributed by atoms with Crippen LogP contribution in [0.5, 0.6) is 0 Å². The van der Waals surface area contributed by atoms with Crippen LogP contribution < -0.4 is 10.6 Å². The van der Waals surface area contributed by atoms with Gasteiger partial charge < -0.3 is 0 Å². The Labute approximate surface area is 74.6 Å². The Hall–Kier alpha value is -1.95. The van der Waals surface area contributed by atoms with Crippen LogP contribution >= 0.6 is 0 Å². The van der Waals surface area contributed by atoms with Gasteiger partial charge in [-0.05, 0) is 12.1 Å². The van der Waals surface area contributed by atoms with E-state index in [4.69, 9.17) is 5.26 Å². The number of nitriles is 1. The molecule has 1 aromatic carbocycles. The Balaban J connectivity index is 2.75. The first-order valence-corrected chi connectivity index (χ1v) is 3.89. The highest BCUT2D eigenvalue weighted by atomic mass is 16.1. The van der Waals surface area contributed by atoms with Crippen molar-refractivity contribution in [3.05, 3.63) is 34.8 Å². The van der Waals surface area contributed by atoms with Gasteiger partial charge in [0.2, 0.25) is 0 Å². The lowest BCUT2D eigenvalue weighted by atomic mass is 10.1. The van der Waals surface area contributed by atoms with Crippen molar-refractivity contribution in [2.24, 2.45) is 4.99 Å². The van der Waals surface area contributed by atoms with Crippen molar-refractivity contribution in [1.82, 2.24) is 0 Å². The molecule has 0 fully saturated rings. The maximum Gasteiger partial charge on any atom is 0.199 e. The number of fused-ring (bicyclic) bond motifs is 1. The zero-order chi connectivity index (χ0) is 9.26. The third-order valence-corrected chi connectivity index (χ3v) is 1.89. The number of ketones is 1. The number of para-hydroxylation sites is 1. The van der Waals surface area contributed by atoms with Crippen molar-refractivity contribution in [3.8, 4) is 6.07 Å². The predicted octanol–water partition coefficient (Wildman–Crippen LogP) is -0.438. The number of nitrogens with zero attached hydrogens (tertiary/aromatic N) is 2. The maximum atomic E-state index is 11.2. The summed E-state index contributed by atoms with van der Waals surface area (Å²) in [4.78, 5) is 15.2. The molecule has 3 heteroatoms. The molecule has 0 saturated carbocycles. The second kappa shape index (κ2) is 2.83. The third kappa shape index (κ3) is 1.23. The largest absolute Gasteiger partial charge is 0.291 e. The summed E-state index contributed by atoms with van der Waals surface area (Å²) in [6, 6.07) is 8.27. The van der Waals surface area contributed by atoms with Crippen molar-refractivity contribution in [2.75, 3.05) is 0 Å². The first-order chi connectivity index (χ1) is 6.31. The quantitative estimate of drug-likeness (QED) is 0.530. The van der Waals surface area contributed by atoms with Gasteiger partial charge in [-0.1, -0.05) is 18.2 Å². The Morgan fingerprint density at radius 2 is 2.15 bits per heavy atom. The molecule has 0 N–H and O–H groups in total. The van der Waals surface area contributed by atoms with Crippen LogP contribution in [0.3, 0.4) is 0 Å². The maximum absolute atomic E-state index is 11.2. The Kier molecular flexibility index (Phi) is 1.67. The lowest BCUT2D eigenvalue weighted by molar-refractivity contribution is -0.113. The van der Waals surface area contributed by atoms with Crippen LogP contribution in [0.25, 0.3) is 6.08 Å². The SMILES string of the molecule is N#CC1N=c2ccccc2=CC1=O. The highest BCUT2D eigenvalue weighted by Crippen LogP contribution is 1.94. The van der Waals surface area contributed by atoms with Gasteiger partial charge in [0.25, 0.3) is 0 Å². The number of hydrogen-bond donors (Lipinski definition) is 0. The van der Waals surface area contributed by atoms with Crippen molar-refractivity contribution in [3.63, 3.8) is 0 Å². The monoisotopic (exact) mass is 170 g/mol. The van der Waals surface area contributed by atoms with Crippen LogP contribution in [0.2, 0.25) is 0 Å². The molecule has 0 aliphatic carbocycles. The molecule has 0 bridgehead atoms. The summed E-state index contributed by atoms with van der Waals surface area (Å²) in [7, 11) is 0. The van der Waals surface area contributed by atoms with E-state index in [1.807, 2.05) is 24.3 Å². The summed E-state index contributed by atoms with van der Waals surface area (Å²) in [6.07, 6.45) is 1.47. The number of carbonyl (C=O) groups is 1. The molecular weight excluding hydrogens is 164 g/mol. The van der Waals surface area contributed by atoms with E-state index in [-0.39, 0.29) is 5.78 Å². The molecule has 1 heterocycles. The minimum atomic E-state index is -0.852. The molecule has 1 aliphatic rings. The number of benzene rings is 1. The Morgan fingerprint density at radius 3 is 2.92 bits per heavy atom. The zero-order valence-corrected chi connectivity index (χ0v) is 6.77.